The van der Waals surface area contributed by atoms with Crippen LogP contribution in [0.15, 0.2) is 11.6 Å². The Labute approximate surface area is 48.1 Å². The second-order valence-corrected chi connectivity index (χ2v) is 1.50. The molecule has 0 saturated carbocycles. The average molecular weight is 117 g/mol. The van der Waals surface area contributed by atoms with E-state index in [9.17, 15) is 5.26 Å². The molecule has 0 aromatic heterocycles. The van der Waals surface area contributed by atoms with Gasteiger partial charge in [-0.15, -0.1) is 0 Å². The summed E-state index contributed by atoms with van der Waals surface area (Å²) in [4.78, 5) is 3.53. The fourth-order valence-corrected chi connectivity index (χ4v) is 0.308. The molecule has 8 heavy (non-hydrogen) atoms. The second-order valence-electron chi connectivity index (χ2n) is 1.50. The van der Waals surface area contributed by atoms with E-state index in [0.29, 0.717) is 0 Å². The highest BCUT2D eigenvalue weighted by Crippen LogP contribution is 1.89. The lowest BCUT2D eigenvalue weighted by Crippen LogP contribution is -1.89. The molecule has 0 aliphatic rings. The smallest absolute Gasteiger partial charge is 0.106 e. The first-order valence-electron chi connectivity index (χ1n) is 2.32. The summed E-state index contributed by atoms with van der Waals surface area (Å²) in [6.45, 7) is 1.74. The summed E-state index contributed by atoms with van der Waals surface area (Å²) in [6, 6.07) is 0. The number of hydrogen-bond acceptors (Lipinski definition) is 2. The Hall–Kier alpha value is -0.380. The Morgan fingerprint density at radius 1 is 1.88 bits per heavy atom. The first-order valence-corrected chi connectivity index (χ1v) is 2.32. The summed E-state index contributed by atoms with van der Waals surface area (Å²) in [7, 11) is 0. The van der Waals surface area contributed by atoms with Gasteiger partial charge in [-0.3, -0.25) is 0 Å². The van der Waals surface area contributed by atoms with Crippen LogP contribution in [-0.2, 0) is 10.1 Å². The van der Waals surface area contributed by atoms with Crippen molar-refractivity contribution in [3.63, 3.8) is 0 Å². The molecule has 0 rings (SSSR count). The molecule has 0 aromatic carbocycles. The molecular formula is C5H9O3. The van der Waals surface area contributed by atoms with Crippen molar-refractivity contribution in [2.75, 3.05) is 13.2 Å². The first kappa shape index (κ1) is 7.62. The van der Waals surface area contributed by atoms with Crippen molar-refractivity contribution in [3.05, 3.63) is 11.6 Å². The van der Waals surface area contributed by atoms with Crippen LogP contribution < -0.4 is 0 Å². The topological polar surface area (TPSA) is 49.4 Å². The van der Waals surface area contributed by atoms with Gasteiger partial charge in [-0.1, -0.05) is 6.08 Å². The van der Waals surface area contributed by atoms with Gasteiger partial charge in [0, 0.05) is 0 Å². The molecule has 0 unspecified atom stereocenters. The Morgan fingerprint density at radius 3 is 2.88 bits per heavy atom. The van der Waals surface area contributed by atoms with Crippen molar-refractivity contribution in [2.24, 2.45) is 0 Å². The van der Waals surface area contributed by atoms with Gasteiger partial charge < -0.3 is 5.11 Å². The predicted octanol–water partition coefficient (Wildman–Crippen LogP) is 0.287. The van der Waals surface area contributed by atoms with Gasteiger partial charge in [-0.25, -0.2) is 0 Å². The van der Waals surface area contributed by atoms with E-state index in [1.807, 2.05) is 0 Å². The Morgan fingerprint density at radius 2 is 2.50 bits per heavy atom. The van der Waals surface area contributed by atoms with Crippen LogP contribution in [0.4, 0.5) is 0 Å². The lowest BCUT2D eigenvalue weighted by molar-refractivity contribution is -0.296. The van der Waals surface area contributed by atoms with E-state index >= 15 is 0 Å². The molecule has 0 fully saturated rings. The minimum Gasteiger partial charge on any atom is -0.392 e. The Kier molecular flexibility index (Phi) is 4.54. The molecule has 1 radical (unpaired) electrons. The third kappa shape index (κ3) is 3.80. The number of rotatable bonds is 3. The van der Waals surface area contributed by atoms with Crippen molar-refractivity contribution >= 4 is 0 Å². The molecule has 47 valence electrons. The molecule has 0 amide bonds. The highest BCUT2D eigenvalue weighted by Gasteiger charge is 1.85. The molecule has 0 aromatic rings. The van der Waals surface area contributed by atoms with Crippen LogP contribution in [0.3, 0.4) is 0 Å². The minimum absolute atomic E-state index is 0.0325. The fraction of sp³-hybridized carbons (Fsp3) is 0.600. The largest absolute Gasteiger partial charge is 0.392 e. The van der Waals surface area contributed by atoms with Crippen LogP contribution in [0.5, 0.6) is 0 Å². The molecule has 0 bridgehead atoms. The number of aliphatic hydroxyl groups excluding tert-OH is 1. The maximum Gasteiger partial charge on any atom is 0.106 e. The van der Waals surface area contributed by atoms with Gasteiger partial charge in [0.25, 0.3) is 0 Å². The van der Waals surface area contributed by atoms with E-state index in [-0.39, 0.29) is 13.2 Å². The molecule has 0 atom stereocenters. The van der Waals surface area contributed by atoms with Crippen molar-refractivity contribution < 1.29 is 15.3 Å². The maximum atomic E-state index is 9.39. The first-order chi connectivity index (χ1) is 3.81. The zero-order valence-corrected chi connectivity index (χ0v) is 4.76. The summed E-state index contributed by atoms with van der Waals surface area (Å²) in [5.74, 6) is 0. The molecule has 0 spiro atoms. The van der Waals surface area contributed by atoms with Gasteiger partial charge in [0.1, 0.15) is 6.61 Å². The summed E-state index contributed by atoms with van der Waals surface area (Å²) in [5.41, 5.74) is 0.752. The quantitative estimate of drug-likeness (QED) is 0.328. The average Bonchev–Trinajstić information content (AvgIpc) is 1.68. The van der Waals surface area contributed by atoms with Crippen LogP contribution >= 0.6 is 0 Å². The lowest BCUT2D eigenvalue weighted by Gasteiger charge is -1.91. The normalized spacial score (nSPS) is 12.1. The van der Waals surface area contributed by atoms with Gasteiger partial charge in [0.15, 0.2) is 0 Å². The monoisotopic (exact) mass is 117 g/mol. The van der Waals surface area contributed by atoms with Gasteiger partial charge in [0.05, 0.1) is 6.61 Å². The van der Waals surface area contributed by atoms with Crippen molar-refractivity contribution in [1.29, 1.82) is 0 Å². The van der Waals surface area contributed by atoms with E-state index in [1.54, 1.807) is 6.92 Å². The van der Waals surface area contributed by atoms with Gasteiger partial charge in [-0.05, 0) is 17.8 Å². The van der Waals surface area contributed by atoms with E-state index in [1.165, 1.54) is 6.08 Å². The van der Waals surface area contributed by atoms with Crippen LogP contribution in [0.1, 0.15) is 6.92 Å². The van der Waals surface area contributed by atoms with E-state index < -0.39 is 0 Å². The van der Waals surface area contributed by atoms with Gasteiger partial charge in [-0.2, -0.15) is 4.89 Å². The van der Waals surface area contributed by atoms with Crippen molar-refractivity contribution in [2.45, 2.75) is 6.92 Å². The molecule has 0 aliphatic carbocycles. The summed E-state index contributed by atoms with van der Waals surface area (Å²) in [5, 5.41) is 17.6. The highest BCUT2D eigenvalue weighted by atomic mass is 17.1. The second kappa shape index (κ2) is 4.77. The molecule has 0 saturated heterocycles. The minimum atomic E-state index is -0.0325. The summed E-state index contributed by atoms with van der Waals surface area (Å²) < 4.78 is 0. The zero-order chi connectivity index (χ0) is 6.41. The lowest BCUT2D eigenvalue weighted by atomic mass is 10.3. The Balaban J connectivity index is 3.29. The molecule has 3 heteroatoms. The molecule has 0 aliphatic heterocycles. The molecule has 3 nitrogen and oxygen atoms in total. The van der Waals surface area contributed by atoms with Crippen molar-refractivity contribution in [1.82, 2.24) is 0 Å². The standard InChI is InChI=1S/C5H9O3/c1-5(2-3-6)4-8-7/h2,6H,3-4H2,1H3/b5-2-. The van der Waals surface area contributed by atoms with E-state index in [0.717, 1.165) is 5.57 Å². The third-order valence-electron chi connectivity index (χ3n) is 0.726. The number of hydrogen-bond donors (Lipinski definition) is 1. The number of aliphatic hydroxyl groups is 1. The zero-order valence-electron chi connectivity index (χ0n) is 4.76. The third-order valence-corrected chi connectivity index (χ3v) is 0.726. The molecule has 0 heterocycles. The SMILES string of the molecule is C/C(=C/CO)CO[O]. The highest BCUT2D eigenvalue weighted by molar-refractivity contribution is 4.97. The molecule has 1 N–H and O–H groups in total. The van der Waals surface area contributed by atoms with Crippen LogP contribution in [0, 0.1) is 0 Å². The summed E-state index contributed by atoms with van der Waals surface area (Å²) >= 11 is 0. The van der Waals surface area contributed by atoms with Gasteiger partial charge in [0.2, 0.25) is 0 Å². The van der Waals surface area contributed by atoms with E-state index in [4.69, 9.17) is 5.11 Å². The van der Waals surface area contributed by atoms with Crippen LogP contribution in [0.2, 0.25) is 0 Å². The van der Waals surface area contributed by atoms with Crippen LogP contribution in [0.25, 0.3) is 0 Å². The van der Waals surface area contributed by atoms with Gasteiger partial charge >= 0.3 is 0 Å². The molecular weight excluding hydrogens is 108 g/mol. The summed E-state index contributed by atoms with van der Waals surface area (Å²) in [6.07, 6.45) is 1.53. The maximum absolute atomic E-state index is 9.39. The van der Waals surface area contributed by atoms with Crippen LogP contribution in [-0.4, -0.2) is 18.3 Å². The Bertz CT molecular complexity index is 77.7. The fourth-order valence-electron chi connectivity index (χ4n) is 0.308. The van der Waals surface area contributed by atoms with Crippen molar-refractivity contribution in [3.8, 4) is 0 Å². The van der Waals surface area contributed by atoms with E-state index in [2.05, 4.69) is 4.89 Å². The predicted molar refractivity (Wildman–Crippen MR) is 27.5 cm³/mol.